The zero-order valence-electron chi connectivity index (χ0n) is 10.5. The number of nitrogens with one attached hydrogen (secondary N) is 1. The lowest BCUT2D eigenvalue weighted by molar-refractivity contribution is 1.34. The second-order valence-electron chi connectivity index (χ2n) is 3.85. The average Bonchev–Trinajstić information content (AvgIpc) is 2.45. The third kappa shape index (κ3) is 3.83. The van der Waals surface area contributed by atoms with E-state index in [1.165, 1.54) is 0 Å². The van der Waals surface area contributed by atoms with Crippen LogP contribution in [0.15, 0.2) is 52.5 Å². The minimum atomic E-state index is 0.219. The Balaban J connectivity index is 2.27. The molecule has 0 aliphatic heterocycles. The van der Waals surface area contributed by atoms with Crippen molar-refractivity contribution in [1.29, 1.82) is 0 Å². The van der Waals surface area contributed by atoms with Crippen LogP contribution in [0.3, 0.4) is 0 Å². The number of hydrazone groups is 1. The van der Waals surface area contributed by atoms with Crippen molar-refractivity contribution in [3.8, 4) is 0 Å². The lowest BCUT2D eigenvalue weighted by Crippen LogP contribution is -1.99. The Morgan fingerprint density at radius 1 is 1.10 bits per heavy atom. The highest BCUT2D eigenvalue weighted by atomic mass is 35.5. The van der Waals surface area contributed by atoms with Gasteiger partial charge < -0.3 is 0 Å². The van der Waals surface area contributed by atoms with Gasteiger partial charge >= 0.3 is 0 Å². The van der Waals surface area contributed by atoms with Crippen LogP contribution in [0, 0.1) is 0 Å². The van der Waals surface area contributed by atoms with Crippen molar-refractivity contribution in [1.82, 2.24) is 0 Å². The van der Waals surface area contributed by atoms with Crippen LogP contribution >= 0.6 is 46.6 Å². The zero-order valence-corrected chi connectivity index (χ0v) is 13.6. The average molecular weight is 346 g/mol. The first kappa shape index (κ1) is 15.5. The van der Waals surface area contributed by atoms with Crippen LogP contribution < -0.4 is 5.43 Å². The molecule has 0 aliphatic rings. The van der Waals surface area contributed by atoms with Gasteiger partial charge in [0, 0.05) is 4.90 Å². The van der Waals surface area contributed by atoms with Gasteiger partial charge in [-0.2, -0.15) is 5.10 Å². The van der Waals surface area contributed by atoms with Crippen LogP contribution in [0.25, 0.3) is 0 Å². The van der Waals surface area contributed by atoms with Gasteiger partial charge in [0.2, 0.25) is 0 Å². The van der Waals surface area contributed by atoms with E-state index in [0.717, 1.165) is 10.6 Å². The lowest BCUT2D eigenvalue weighted by Gasteiger charge is -2.08. The van der Waals surface area contributed by atoms with E-state index in [4.69, 9.17) is 34.8 Å². The Morgan fingerprint density at radius 3 is 2.25 bits per heavy atom. The van der Waals surface area contributed by atoms with Crippen LogP contribution in [0.1, 0.15) is 5.56 Å². The molecular formula is C14H11Cl3N2S. The number of hydrogen-bond acceptors (Lipinski definition) is 3. The highest BCUT2D eigenvalue weighted by molar-refractivity contribution is 7.98. The molecule has 1 N–H and O–H groups in total. The SMILES string of the molecule is CSc1cc(Cl)c(C(Cl)=NNc2ccccc2)c(Cl)c1. The van der Waals surface area contributed by atoms with Crippen LogP contribution in [0.5, 0.6) is 0 Å². The molecule has 0 saturated heterocycles. The normalized spacial score (nSPS) is 11.5. The Bertz CT molecular complexity index is 607. The molecular weight excluding hydrogens is 335 g/mol. The number of hydrogen-bond donors (Lipinski definition) is 1. The summed E-state index contributed by atoms with van der Waals surface area (Å²) in [6.45, 7) is 0. The number of thioether (sulfide) groups is 1. The van der Waals surface area contributed by atoms with Gasteiger partial charge in [0.15, 0.2) is 5.17 Å². The maximum Gasteiger partial charge on any atom is 0.159 e. The van der Waals surface area contributed by atoms with Gasteiger partial charge in [-0.25, -0.2) is 0 Å². The fourth-order valence-corrected chi connectivity index (χ4v) is 3.16. The molecule has 6 heteroatoms. The summed E-state index contributed by atoms with van der Waals surface area (Å²) in [5, 5.41) is 5.27. The van der Waals surface area contributed by atoms with Gasteiger partial charge in [-0.1, -0.05) is 53.0 Å². The fourth-order valence-electron chi connectivity index (χ4n) is 1.55. The fraction of sp³-hybridized carbons (Fsp3) is 0.0714. The van der Waals surface area contributed by atoms with Crippen LogP contribution in [0.4, 0.5) is 5.69 Å². The van der Waals surface area contributed by atoms with Crippen molar-refractivity contribution in [2.24, 2.45) is 5.10 Å². The van der Waals surface area contributed by atoms with Gasteiger partial charge in [-0.15, -0.1) is 11.8 Å². The summed E-state index contributed by atoms with van der Waals surface area (Å²) in [5.41, 5.74) is 4.22. The molecule has 0 aromatic heterocycles. The van der Waals surface area contributed by atoms with Gasteiger partial charge in [-0.3, -0.25) is 5.43 Å². The molecule has 20 heavy (non-hydrogen) atoms. The van der Waals surface area contributed by atoms with Gasteiger partial charge in [0.25, 0.3) is 0 Å². The van der Waals surface area contributed by atoms with Gasteiger partial charge in [0.1, 0.15) is 0 Å². The monoisotopic (exact) mass is 344 g/mol. The quantitative estimate of drug-likeness (QED) is 0.435. The summed E-state index contributed by atoms with van der Waals surface area (Å²) in [4.78, 5) is 0.976. The maximum atomic E-state index is 6.20. The van der Waals surface area contributed by atoms with E-state index in [-0.39, 0.29) is 5.17 Å². The van der Waals surface area contributed by atoms with E-state index in [2.05, 4.69) is 10.5 Å². The predicted molar refractivity (Wildman–Crippen MR) is 90.7 cm³/mol. The molecule has 0 spiro atoms. The Kier molecular flexibility index (Phi) is 5.61. The number of rotatable bonds is 4. The smallest absolute Gasteiger partial charge is 0.159 e. The Morgan fingerprint density at radius 2 is 1.70 bits per heavy atom. The van der Waals surface area contributed by atoms with Crippen molar-refractivity contribution in [3.05, 3.63) is 58.1 Å². The molecule has 0 amide bonds. The largest absolute Gasteiger partial charge is 0.277 e. The summed E-state index contributed by atoms with van der Waals surface area (Å²) < 4.78 is 0. The zero-order chi connectivity index (χ0) is 14.5. The first-order chi connectivity index (χ1) is 9.61. The van der Waals surface area contributed by atoms with Gasteiger partial charge in [0.05, 0.1) is 21.3 Å². The summed E-state index contributed by atoms with van der Waals surface area (Å²) in [7, 11) is 0. The second kappa shape index (κ2) is 7.23. The van der Waals surface area contributed by atoms with E-state index in [1.54, 1.807) is 11.8 Å². The Hall–Kier alpha value is -0.870. The number of nitrogens with zero attached hydrogens (tertiary/aromatic N) is 1. The minimum absolute atomic E-state index is 0.219. The van der Waals surface area contributed by atoms with Crippen molar-refractivity contribution in [2.45, 2.75) is 4.90 Å². The summed E-state index contributed by atoms with van der Waals surface area (Å²) >= 11 is 20.1. The van der Waals surface area contributed by atoms with Crippen molar-refractivity contribution >= 4 is 57.4 Å². The molecule has 0 atom stereocenters. The van der Waals surface area contributed by atoms with E-state index in [0.29, 0.717) is 15.6 Å². The molecule has 0 fully saturated rings. The first-order valence-corrected chi connectivity index (χ1v) is 8.05. The molecule has 0 bridgehead atoms. The molecule has 0 heterocycles. The number of anilines is 1. The number of benzene rings is 2. The molecule has 0 aliphatic carbocycles. The third-order valence-electron chi connectivity index (χ3n) is 2.51. The highest BCUT2D eigenvalue weighted by Crippen LogP contribution is 2.31. The summed E-state index contributed by atoms with van der Waals surface area (Å²) in [6.07, 6.45) is 1.95. The molecule has 104 valence electrons. The molecule has 2 nitrogen and oxygen atoms in total. The molecule has 2 aromatic carbocycles. The number of para-hydroxylation sites is 1. The van der Waals surface area contributed by atoms with Gasteiger partial charge in [-0.05, 0) is 30.5 Å². The van der Waals surface area contributed by atoms with E-state index < -0.39 is 0 Å². The van der Waals surface area contributed by atoms with Crippen molar-refractivity contribution in [3.63, 3.8) is 0 Å². The van der Waals surface area contributed by atoms with E-state index >= 15 is 0 Å². The van der Waals surface area contributed by atoms with Crippen LogP contribution in [0.2, 0.25) is 10.0 Å². The standard InChI is InChI=1S/C14H11Cl3N2S/c1-20-10-7-11(15)13(12(16)8-10)14(17)19-18-9-5-3-2-4-6-9/h2-8,18H,1H3. The molecule has 2 rings (SSSR count). The lowest BCUT2D eigenvalue weighted by atomic mass is 10.2. The Labute approximate surface area is 137 Å². The predicted octanol–water partition coefficient (Wildman–Crippen LogP) is 5.73. The molecule has 0 saturated carbocycles. The molecule has 0 unspecified atom stereocenters. The molecule has 0 radical (unpaired) electrons. The third-order valence-corrected chi connectivity index (χ3v) is 4.09. The highest BCUT2D eigenvalue weighted by Gasteiger charge is 2.12. The maximum absolute atomic E-state index is 6.20. The minimum Gasteiger partial charge on any atom is -0.277 e. The van der Waals surface area contributed by atoms with Crippen molar-refractivity contribution in [2.75, 3.05) is 11.7 Å². The first-order valence-electron chi connectivity index (χ1n) is 5.69. The second-order valence-corrected chi connectivity index (χ2v) is 5.90. The van der Waals surface area contributed by atoms with Crippen LogP contribution in [-0.4, -0.2) is 11.4 Å². The summed E-state index contributed by atoms with van der Waals surface area (Å²) in [6, 6.07) is 13.1. The van der Waals surface area contributed by atoms with Crippen LogP contribution in [-0.2, 0) is 0 Å². The number of halogens is 3. The van der Waals surface area contributed by atoms with Crippen molar-refractivity contribution < 1.29 is 0 Å². The molecule has 2 aromatic rings. The van der Waals surface area contributed by atoms with E-state index in [9.17, 15) is 0 Å². The topological polar surface area (TPSA) is 24.4 Å². The van der Waals surface area contributed by atoms with E-state index in [1.807, 2.05) is 48.7 Å². The summed E-state index contributed by atoms with van der Waals surface area (Å²) in [5.74, 6) is 0.